The molecule has 0 N–H and O–H groups in total. The quantitative estimate of drug-likeness (QED) is 0.703. The number of oxazole rings is 1. The highest BCUT2D eigenvalue weighted by molar-refractivity contribution is 7.98. The van der Waals surface area contributed by atoms with Gasteiger partial charge in [0.2, 0.25) is 5.82 Å². The van der Waals surface area contributed by atoms with Crippen molar-refractivity contribution in [1.82, 2.24) is 19.7 Å². The van der Waals surface area contributed by atoms with Gasteiger partial charge in [0, 0.05) is 7.05 Å². The summed E-state index contributed by atoms with van der Waals surface area (Å²) in [4.78, 5) is 4.01. The summed E-state index contributed by atoms with van der Waals surface area (Å²) < 4.78 is 7.13. The second-order valence-electron chi connectivity index (χ2n) is 2.84. The maximum Gasteiger partial charge on any atom is 0.202 e. The lowest BCUT2D eigenvalue weighted by molar-refractivity contribution is 0.562. The zero-order valence-corrected chi connectivity index (χ0v) is 9.00. The van der Waals surface area contributed by atoms with Crippen LogP contribution in [0.2, 0.25) is 0 Å². The first-order chi connectivity index (χ1) is 6.74. The molecule has 74 valence electrons. The molecule has 6 heteroatoms. The van der Waals surface area contributed by atoms with Crippen molar-refractivity contribution in [2.24, 2.45) is 7.05 Å². The Bertz CT molecular complexity index is 448. The summed E-state index contributed by atoms with van der Waals surface area (Å²) in [6, 6.07) is 0. The first kappa shape index (κ1) is 9.26. The predicted octanol–water partition coefficient (Wildman–Crippen LogP) is 1.50. The van der Waals surface area contributed by atoms with Crippen molar-refractivity contribution in [3.8, 4) is 11.6 Å². The molecular weight excluding hydrogens is 200 g/mol. The minimum atomic E-state index is 0.681. The number of nitrogens with zero attached hydrogens (tertiary/aromatic N) is 4. The van der Waals surface area contributed by atoms with Crippen LogP contribution in [0.1, 0.15) is 5.69 Å². The summed E-state index contributed by atoms with van der Waals surface area (Å²) in [7, 11) is 1.91. The molecule has 2 heterocycles. The van der Waals surface area contributed by atoms with Crippen molar-refractivity contribution >= 4 is 11.8 Å². The number of hydrogen-bond donors (Lipinski definition) is 0. The van der Waals surface area contributed by atoms with E-state index >= 15 is 0 Å². The molecule has 0 atom stereocenters. The van der Waals surface area contributed by atoms with Gasteiger partial charge >= 0.3 is 0 Å². The first-order valence-corrected chi connectivity index (χ1v) is 5.30. The van der Waals surface area contributed by atoms with E-state index in [-0.39, 0.29) is 0 Å². The van der Waals surface area contributed by atoms with E-state index in [1.807, 2.05) is 24.8 Å². The third kappa shape index (κ3) is 1.31. The normalized spacial score (nSPS) is 10.8. The Morgan fingerprint density at radius 1 is 1.43 bits per heavy atom. The van der Waals surface area contributed by atoms with Crippen molar-refractivity contribution in [2.45, 2.75) is 12.1 Å². The lowest BCUT2D eigenvalue weighted by Crippen LogP contribution is -1.94. The topological polar surface area (TPSA) is 56.7 Å². The molecule has 0 amide bonds. The average Bonchev–Trinajstić information content (AvgIpc) is 2.72. The zero-order valence-electron chi connectivity index (χ0n) is 8.18. The summed E-state index contributed by atoms with van der Waals surface area (Å²) in [6.45, 7) is 1.88. The highest BCUT2D eigenvalue weighted by Crippen LogP contribution is 2.23. The molecule has 0 saturated heterocycles. The van der Waals surface area contributed by atoms with E-state index in [4.69, 9.17) is 4.42 Å². The lowest BCUT2D eigenvalue weighted by Gasteiger charge is -1.98. The van der Waals surface area contributed by atoms with Gasteiger partial charge in [-0.2, -0.15) is 0 Å². The van der Waals surface area contributed by atoms with Crippen molar-refractivity contribution < 1.29 is 4.42 Å². The summed E-state index contributed by atoms with van der Waals surface area (Å²) in [5.41, 5.74) is 0.827. The van der Waals surface area contributed by atoms with Crippen LogP contribution in [0, 0.1) is 6.92 Å². The minimum absolute atomic E-state index is 0.681. The van der Waals surface area contributed by atoms with E-state index in [0.29, 0.717) is 11.6 Å². The van der Waals surface area contributed by atoms with Crippen LogP contribution in [-0.2, 0) is 7.05 Å². The van der Waals surface area contributed by atoms with Gasteiger partial charge in [0.05, 0.1) is 5.69 Å². The molecular formula is C8H10N4OS. The van der Waals surface area contributed by atoms with Crippen LogP contribution >= 0.6 is 11.8 Å². The molecule has 0 saturated carbocycles. The highest BCUT2D eigenvalue weighted by Gasteiger charge is 2.15. The van der Waals surface area contributed by atoms with Gasteiger partial charge < -0.3 is 8.98 Å². The van der Waals surface area contributed by atoms with Gasteiger partial charge in [-0.15, -0.1) is 10.2 Å². The summed E-state index contributed by atoms with van der Waals surface area (Å²) in [5, 5.41) is 8.92. The third-order valence-electron chi connectivity index (χ3n) is 1.97. The Hall–Kier alpha value is -1.30. The van der Waals surface area contributed by atoms with Gasteiger partial charge in [-0.25, -0.2) is 4.98 Å². The maximum absolute atomic E-state index is 5.25. The fourth-order valence-electron chi connectivity index (χ4n) is 1.21. The van der Waals surface area contributed by atoms with E-state index in [2.05, 4.69) is 15.2 Å². The van der Waals surface area contributed by atoms with Gasteiger partial charge in [0.1, 0.15) is 0 Å². The van der Waals surface area contributed by atoms with E-state index in [1.165, 1.54) is 6.39 Å². The number of aryl methyl sites for hydroxylation is 1. The molecule has 0 aliphatic carbocycles. The third-order valence-corrected chi connectivity index (χ3v) is 2.69. The number of thioether (sulfide) groups is 1. The molecule has 0 spiro atoms. The molecule has 0 aliphatic heterocycles. The Balaban J connectivity index is 2.52. The molecule has 0 aliphatic rings. The fraction of sp³-hybridized carbons (Fsp3) is 0.375. The van der Waals surface area contributed by atoms with Gasteiger partial charge in [-0.3, -0.25) is 0 Å². The van der Waals surface area contributed by atoms with Crippen LogP contribution in [0.25, 0.3) is 11.6 Å². The van der Waals surface area contributed by atoms with E-state index < -0.39 is 0 Å². The van der Waals surface area contributed by atoms with Gasteiger partial charge in [0.25, 0.3) is 0 Å². The van der Waals surface area contributed by atoms with E-state index in [0.717, 1.165) is 10.9 Å². The second kappa shape index (κ2) is 3.45. The van der Waals surface area contributed by atoms with Crippen LogP contribution in [0.3, 0.4) is 0 Å². The number of hydrogen-bond acceptors (Lipinski definition) is 5. The van der Waals surface area contributed by atoms with Crippen LogP contribution in [-0.4, -0.2) is 26.0 Å². The molecule has 2 aromatic heterocycles. The van der Waals surface area contributed by atoms with E-state index in [1.54, 1.807) is 11.8 Å². The zero-order chi connectivity index (χ0) is 10.1. The largest absolute Gasteiger partial charge is 0.440 e. The maximum atomic E-state index is 5.25. The summed E-state index contributed by atoms with van der Waals surface area (Å²) in [6.07, 6.45) is 3.37. The monoisotopic (exact) mass is 210 g/mol. The molecule has 0 radical (unpaired) electrons. The second-order valence-corrected chi connectivity index (χ2v) is 3.61. The van der Waals surface area contributed by atoms with Crippen LogP contribution < -0.4 is 0 Å². The standard InChI is InChI=1S/C8H10N4OS/c1-5-6(13-4-9-5)7-10-11-8(14-3)12(7)2/h4H,1-3H3. The first-order valence-electron chi connectivity index (χ1n) is 4.08. The Morgan fingerprint density at radius 3 is 2.71 bits per heavy atom. The summed E-state index contributed by atoms with van der Waals surface area (Å²) in [5.74, 6) is 1.39. The van der Waals surface area contributed by atoms with E-state index in [9.17, 15) is 0 Å². The van der Waals surface area contributed by atoms with Crippen molar-refractivity contribution in [3.63, 3.8) is 0 Å². The molecule has 2 aromatic rings. The molecule has 5 nitrogen and oxygen atoms in total. The lowest BCUT2D eigenvalue weighted by atomic mass is 10.3. The smallest absolute Gasteiger partial charge is 0.202 e. The van der Waals surface area contributed by atoms with Crippen molar-refractivity contribution in [1.29, 1.82) is 0 Å². The average molecular weight is 210 g/mol. The number of rotatable bonds is 2. The Kier molecular flexibility index (Phi) is 2.28. The Labute approximate surface area is 85.5 Å². The van der Waals surface area contributed by atoms with Crippen LogP contribution in [0.15, 0.2) is 16.0 Å². The molecule has 0 unspecified atom stereocenters. The van der Waals surface area contributed by atoms with Crippen LogP contribution in [0.5, 0.6) is 0 Å². The summed E-state index contributed by atoms with van der Waals surface area (Å²) >= 11 is 1.55. The Morgan fingerprint density at radius 2 is 2.21 bits per heavy atom. The SMILES string of the molecule is CSc1nnc(-c2ocnc2C)n1C. The fourth-order valence-corrected chi connectivity index (χ4v) is 1.69. The molecule has 2 rings (SSSR count). The number of aromatic nitrogens is 4. The molecule has 0 aromatic carbocycles. The van der Waals surface area contributed by atoms with Crippen molar-refractivity contribution in [2.75, 3.05) is 6.26 Å². The van der Waals surface area contributed by atoms with Gasteiger partial charge in [-0.1, -0.05) is 11.8 Å². The van der Waals surface area contributed by atoms with Gasteiger partial charge in [0.15, 0.2) is 17.3 Å². The molecule has 0 fully saturated rings. The molecule has 14 heavy (non-hydrogen) atoms. The highest BCUT2D eigenvalue weighted by atomic mass is 32.2. The predicted molar refractivity (Wildman–Crippen MR) is 53.0 cm³/mol. The van der Waals surface area contributed by atoms with Crippen LogP contribution in [0.4, 0.5) is 0 Å². The van der Waals surface area contributed by atoms with Gasteiger partial charge in [-0.05, 0) is 13.2 Å². The minimum Gasteiger partial charge on any atom is -0.440 e. The molecule has 0 bridgehead atoms. The van der Waals surface area contributed by atoms with Crippen molar-refractivity contribution in [3.05, 3.63) is 12.1 Å².